The predicted molar refractivity (Wildman–Crippen MR) is 77.5 cm³/mol. The van der Waals surface area contributed by atoms with Gasteiger partial charge in [0.1, 0.15) is 5.69 Å². The second kappa shape index (κ2) is 6.01. The van der Waals surface area contributed by atoms with Crippen molar-refractivity contribution < 1.29 is 14.3 Å². The normalized spacial score (nSPS) is 10.4. The summed E-state index contributed by atoms with van der Waals surface area (Å²) in [5.41, 5.74) is -0.661. The Labute approximate surface area is 124 Å². The summed E-state index contributed by atoms with van der Waals surface area (Å²) in [6.07, 6.45) is 1.57. The summed E-state index contributed by atoms with van der Waals surface area (Å²) in [4.78, 5) is 23.4. The van der Waals surface area contributed by atoms with Crippen molar-refractivity contribution in [2.24, 2.45) is 7.05 Å². The highest BCUT2D eigenvalue weighted by molar-refractivity contribution is 7.98. The number of carboxylic acid groups (broad SMARTS) is 1. The van der Waals surface area contributed by atoms with Crippen LogP contribution in [-0.2, 0) is 7.05 Å². The smallest absolute Gasteiger partial charge is 0.277 e. The number of rotatable bonds is 4. The summed E-state index contributed by atoms with van der Waals surface area (Å²) in [6.45, 7) is 0. The number of carboxylic acids is 1. The van der Waals surface area contributed by atoms with Crippen molar-refractivity contribution in [2.75, 3.05) is 11.6 Å². The molecule has 0 radical (unpaired) electrons. The van der Waals surface area contributed by atoms with Gasteiger partial charge in [0.15, 0.2) is 0 Å². The van der Waals surface area contributed by atoms with Crippen LogP contribution in [0.3, 0.4) is 0 Å². The second-order valence-electron chi connectivity index (χ2n) is 4.22. The number of carbonyl (C=O) groups excluding carboxylic acids is 1. The monoisotopic (exact) mass is 307 g/mol. The van der Waals surface area contributed by atoms with Crippen LogP contribution in [0, 0.1) is 5.95 Å². The molecule has 1 aromatic carbocycles. The molecule has 110 valence electrons. The minimum Gasteiger partial charge on any atom is -0.545 e. The fourth-order valence-corrected chi connectivity index (χ4v) is 2.61. The standard InChI is InChI=1S/C14H13FN2O3S/c1-17-12(15)9(14(19)20)11(21-2)10(13(17)18)16-8-6-4-3-5-7-8/h3-7,16H,1-2H3,(H,19,20)/p-1. The Morgan fingerprint density at radius 2 is 1.95 bits per heavy atom. The van der Waals surface area contributed by atoms with Crippen molar-refractivity contribution >= 4 is 29.1 Å². The topological polar surface area (TPSA) is 74.2 Å². The van der Waals surface area contributed by atoms with E-state index in [1.54, 1.807) is 36.6 Å². The van der Waals surface area contributed by atoms with Crippen LogP contribution in [0.15, 0.2) is 40.0 Å². The van der Waals surface area contributed by atoms with Gasteiger partial charge < -0.3 is 15.2 Å². The maximum atomic E-state index is 14.0. The Morgan fingerprint density at radius 3 is 2.48 bits per heavy atom. The largest absolute Gasteiger partial charge is 0.545 e. The Hall–Kier alpha value is -2.28. The molecule has 0 aliphatic heterocycles. The first kappa shape index (κ1) is 15.1. The Balaban J connectivity index is 2.70. The number of halogens is 1. The van der Waals surface area contributed by atoms with Gasteiger partial charge in [-0.25, -0.2) is 0 Å². The molecule has 0 saturated heterocycles. The number of benzene rings is 1. The summed E-state index contributed by atoms with van der Waals surface area (Å²) >= 11 is 0.970. The van der Waals surface area contributed by atoms with E-state index in [2.05, 4.69) is 5.32 Å². The summed E-state index contributed by atoms with van der Waals surface area (Å²) in [6, 6.07) is 8.75. The van der Waals surface area contributed by atoms with E-state index in [1.807, 2.05) is 0 Å². The lowest BCUT2D eigenvalue weighted by Crippen LogP contribution is -2.32. The highest BCUT2D eigenvalue weighted by Crippen LogP contribution is 2.30. The Kier molecular flexibility index (Phi) is 4.32. The molecule has 21 heavy (non-hydrogen) atoms. The van der Waals surface area contributed by atoms with E-state index in [4.69, 9.17) is 0 Å². The zero-order valence-corrected chi connectivity index (χ0v) is 12.2. The van der Waals surface area contributed by atoms with Crippen LogP contribution in [0.4, 0.5) is 15.8 Å². The lowest BCUT2D eigenvalue weighted by molar-refractivity contribution is -0.255. The third kappa shape index (κ3) is 2.78. The van der Waals surface area contributed by atoms with Gasteiger partial charge in [-0.3, -0.25) is 9.36 Å². The molecule has 2 rings (SSSR count). The molecule has 0 saturated carbocycles. The van der Waals surface area contributed by atoms with E-state index in [0.29, 0.717) is 10.3 Å². The third-order valence-corrected chi connectivity index (χ3v) is 3.74. The molecular weight excluding hydrogens is 295 g/mol. The van der Waals surface area contributed by atoms with Crippen LogP contribution in [0.5, 0.6) is 0 Å². The lowest BCUT2D eigenvalue weighted by atomic mass is 10.2. The molecule has 0 bridgehead atoms. The number of anilines is 2. The van der Waals surface area contributed by atoms with Gasteiger partial charge in [0, 0.05) is 17.6 Å². The molecule has 0 atom stereocenters. The van der Waals surface area contributed by atoms with Gasteiger partial charge in [0.25, 0.3) is 5.56 Å². The quantitative estimate of drug-likeness (QED) is 0.682. The van der Waals surface area contributed by atoms with Gasteiger partial charge >= 0.3 is 0 Å². The number of aromatic carboxylic acids is 1. The fourth-order valence-electron chi connectivity index (χ4n) is 1.90. The van der Waals surface area contributed by atoms with Crippen molar-refractivity contribution in [1.82, 2.24) is 4.57 Å². The number of para-hydroxylation sites is 1. The number of nitrogens with zero attached hydrogens (tertiary/aromatic N) is 1. The number of nitrogens with one attached hydrogen (secondary N) is 1. The zero-order chi connectivity index (χ0) is 15.6. The Bertz CT molecular complexity index is 744. The average Bonchev–Trinajstić information content (AvgIpc) is 2.48. The van der Waals surface area contributed by atoms with Crippen molar-refractivity contribution in [3.05, 3.63) is 52.2 Å². The van der Waals surface area contributed by atoms with E-state index in [1.165, 1.54) is 7.05 Å². The predicted octanol–water partition coefficient (Wildman–Crippen LogP) is 1.35. The third-order valence-electron chi connectivity index (χ3n) is 2.92. The second-order valence-corrected chi connectivity index (χ2v) is 5.03. The molecule has 1 N–H and O–H groups in total. The number of aromatic nitrogens is 1. The SMILES string of the molecule is CSc1c(C(=O)[O-])c(F)n(C)c(=O)c1Nc1ccccc1. The molecule has 0 spiro atoms. The molecule has 0 amide bonds. The fraction of sp³-hybridized carbons (Fsp3) is 0.143. The zero-order valence-electron chi connectivity index (χ0n) is 11.3. The molecule has 5 nitrogen and oxygen atoms in total. The van der Waals surface area contributed by atoms with Crippen molar-refractivity contribution in [2.45, 2.75) is 4.90 Å². The minimum atomic E-state index is -1.66. The first-order chi connectivity index (χ1) is 9.97. The first-order valence-corrected chi connectivity index (χ1v) is 7.19. The summed E-state index contributed by atoms with van der Waals surface area (Å²) in [5.74, 6) is -2.79. The van der Waals surface area contributed by atoms with Crippen molar-refractivity contribution in [3.63, 3.8) is 0 Å². The molecule has 0 aliphatic carbocycles. The molecule has 0 aliphatic rings. The molecule has 1 aromatic heterocycles. The minimum absolute atomic E-state index is 0.0109. The van der Waals surface area contributed by atoms with Crippen molar-refractivity contribution in [1.29, 1.82) is 0 Å². The lowest BCUT2D eigenvalue weighted by Gasteiger charge is -2.17. The number of hydrogen-bond acceptors (Lipinski definition) is 5. The number of hydrogen-bond donors (Lipinski definition) is 1. The molecule has 0 unspecified atom stereocenters. The van der Waals surface area contributed by atoms with Gasteiger partial charge in [-0.2, -0.15) is 4.39 Å². The number of carbonyl (C=O) groups is 1. The maximum absolute atomic E-state index is 14.0. The van der Waals surface area contributed by atoms with Gasteiger partial charge in [0.05, 0.1) is 11.5 Å². The van der Waals surface area contributed by atoms with E-state index < -0.39 is 23.0 Å². The van der Waals surface area contributed by atoms with Crippen LogP contribution >= 0.6 is 11.8 Å². The molecule has 2 aromatic rings. The molecule has 1 heterocycles. The number of thioether (sulfide) groups is 1. The Morgan fingerprint density at radius 1 is 1.33 bits per heavy atom. The first-order valence-electron chi connectivity index (χ1n) is 5.97. The van der Waals surface area contributed by atoms with Crippen LogP contribution in [0.25, 0.3) is 0 Å². The number of pyridine rings is 1. The van der Waals surface area contributed by atoms with Gasteiger partial charge in [-0.05, 0) is 18.4 Å². The van der Waals surface area contributed by atoms with Gasteiger partial charge in [-0.1, -0.05) is 18.2 Å². The maximum Gasteiger partial charge on any atom is 0.277 e. The average molecular weight is 307 g/mol. The van der Waals surface area contributed by atoms with Crippen LogP contribution in [0.2, 0.25) is 0 Å². The van der Waals surface area contributed by atoms with E-state index in [0.717, 1.165) is 11.8 Å². The molecule has 0 fully saturated rings. The van der Waals surface area contributed by atoms with Gasteiger partial charge in [0.2, 0.25) is 5.95 Å². The van der Waals surface area contributed by atoms with Crippen LogP contribution in [-0.4, -0.2) is 16.8 Å². The summed E-state index contributed by atoms with van der Waals surface area (Å²) in [5, 5.41) is 14.0. The van der Waals surface area contributed by atoms with Crippen LogP contribution in [0.1, 0.15) is 10.4 Å². The highest BCUT2D eigenvalue weighted by Gasteiger charge is 2.21. The summed E-state index contributed by atoms with van der Waals surface area (Å²) < 4.78 is 14.6. The summed E-state index contributed by atoms with van der Waals surface area (Å²) in [7, 11) is 1.17. The van der Waals surface area contributed by atoms with E-state index in [-0.39, 0.29) is 10.6 Å². The highest BCUT2D eigenvalue weighted by atomic mass is 32.2. The molecular formula is C14H12FN2O3S-. The molecule has 7 heteroatoms. The van der Waals surface area contributed by atoms with Crippen molar-refractivity contribution in [3.8, 4) is 0 Å². The van der Waals surface area contributed by atoms with Crippen LogP contribution < -0.4 is 16.0 Å². The van der Waals surface area contributed by atoms with E-state index >= 15 is 0 Å². The van der Waals surface area contributed by atoms with E-state index in [9.17, 15) is 19.1 Å². The van der Waals surface area contributed by atoms with Gasteiger partial charge in [-0.15, -0.1) is 11.8 Å².